The molecule has 2 aromatic heterocycles. The Morgan fingerprint density at radius 3 is 2.65 bits per heavy atom. The molecule has 0 saturated carbocycles. The molecule has 0 aliphatic carbocycles. The van der Waals surface area contributed by atoms with Gasteiger partial charge < -0.3 is 0 Å². The van der Waals surface area contributed by atoms with Crippen LogP contribution in [0.2, 0.25) is 0 Å². The fourth-order valence-corrected chi connectivity index (χ4v) is 2.69. The van der Waals surface area contributed by atoms with Gasteiger partial charge in [-0.3, -0.25) is 4.98 Å². The van der Waals surface area contributed by atoms with Crippen LogP contribution in [0.15, 0.2) is 54.7 Å². The number of pyridine rings is 1. The van der Waals surface area contributed by atoms with Gasteiger partial charge in [0, 0.05) is 15.8 Å². The lowest BCUT2D eigenvalue weighted by Crippen LogP contribution is -1.75. The van der Waals surface area contributed by atoms with Crippen LogP contribution in [-0.2, 0) is 0 Å². The van der Waals surface area contributed by atoms with Gasteiger partial charge in [0.2, 0.25) is 0 Å². The summed E-state index contributed by atoms with van der Waals surface area (Å²) in [5.74, 6) is 0. The number of thiophene rings is 1. The van der Waals surface area contributed by atoms with Gasteiger partial charge in [0.1, 0.15) is 0 Å². The average Bonchev–Trinajstić information content (AvgIpc) is 2.80. The van der Waals surface area contributed by atoms with Crippen molar-refractivity contribution >= 4 is 33.6 Å². The van der Waals surface area contributed by atoms with Crippen molar-refractivity contribution in [3.05, 3.63) is 65.3 Å². The summed E-state index contributed by atoms with van der Waals surface area (Å²) in [4.78, 5) is 5.53. The third-order valence-corrected chi connectivity index (χ3v) is 3.63. The van der Waals surface area contributed by atoms with E-state index in [0.29, 0.717) is 0 Å². The van der Waals surface area contributed by atoms with E-state index < -0.39 is 0 Å². The van der Waals surface area contributed by atoms with E-state index in [4.69, 9.17) is 0 Å². The quantitative estimate of drug-likeness (QED) is 0.641. The molecule has 0 spiro atoms. The van der Waals surface area contributed by atoms with Crippen molar-refractivity contribution in [2.45, 2.75) is 0 Å². The highest BCUT2D eigenvalue weighted by molar-refractivity contribution is 7.19. The maximum Gasteiger partial charge on any atom is 0.0630 e. The Morgan fingerprint density at radius 1 is 0.941 bits per heavy atom. The first kappa shape index (κ1) is 10.2. The molecule has 2 heteroatoms. The molecule has 0 N–H and O–H groups in total. The van der Waals surface area contributed by atoms with E-state index in [1.165, 1.54) is 15.0 Å². The van der Waals surface area contributed by atoms with Crippen molar-refractivity contribution < 1.29 is 0 Å². The Balaban J connectivity index is 1.92. The summed E-state index contributed by atoms with van der Waals surface area (Å²) in [5, 5.41) is 1.30. The van der Waals surface area contributed by atoms with E-state index in [-0.39, 0.29) is 0 Å². The van der Waals surface area contributed by atoms with E-state index in [1.807, 2.05) is 30.5 Å². The van der Waals surface area contributed by atoms with Crippen molar-refractivity contribution in [2.75, 3.05) is 0 Å². The summed E-state index contributed by atoms with van der Waals surface area (Å²) in [5.41, 5.74) is 0.991. The molecule has 17 heavy (non-hydrogen) atoms. The van der Waals surface area contributed by atoms with Crippen LogP contribution in [0.1, 0.15) is 10.6 Å². The normalized spacial score (nSPS) is 11.3. The molecule has 1 nitrogen and oxygen atoms in total. The predicted octanol–water partition coefficient (Wildman–Crippen LogP) is 4.47. The summed E-state index contributed by atoms with van der Waals surface area (Å²) >= 11 is 1.80. The van der Waals surface area contributed by atoms with E-state index in [9.17, 15) is 0 Å². The van der Waals surface area contributed by atoms with Crippen LogP contribution in [0.5, 0.6) is 0 Å². The molecule has 0 aliphatic rings. The minimum atomic E-state index is 0.991. The minimum absolute atomic E-state index is 0.991. The van der Waals surface area contributed by atoms with Crippen molar-refractivity contribution in [1.82, 2.24) is 4.98 Å². The number of benzene rings is 1. The molecule has 0 fully saturated rings. The summed E-state index contributed by atoms with van der Waals surface area (Å²) in [6.45, 7) is 0. The molecule has 1 aromatic carbocycles. The lowest BCUT2D eigenvalue weighted by Gasteiger charge is -1.88. The third-order valence-electron chi connectivity index (χ3n) is 2.55. The van der Waals surface area contributed by atoms with Crippen LogP contribution in [0, 0.1) is 0 Å². The average molecular weight is 237 g/mol. The number of fused-ring (bicyclic) bond motifs is 1. The summed E-state index contributed by atoms with van der Waals surface area (Å²) in [7, 11) is 0. The van der Waals surface area contributed by atoms with Gasteiger partial charge >= 0.3 is 0 Å². The highest BCUT2D eigenvalue weighted by Gasteiger charge is 1.97. The SMILES string of the molecule is C(=C\c1cc2ccccc2s1)/c1ccccn1. The van der Waals surface area contributed by atoms with Crippen molar-refractivity contribution in [2.24, 2.45) is 0 Å². The number of nitrogens with zero attached hydrogens (tertiary/aromatic N) is 1. The lowest BCUT2D eigenvalue weighted by atomic mass is 10.2. The smallest absolute Gasteiger partial charge is 0.0630 e. The zero-order chi connectivity index (χ0) is 11.5. The molecule has 0 bridgehead atoms. The van der Waals surface area contributed by atoms with E-state index in [0.717, 1.165) is 5.69 Å². The molecule has 3 aromatic rings. The topological polar surface area (TPSA) is 12.9 Å². The van der Waals surface area contributed by atoms with Crippen molar-refractivity contribution in [3.8, 4) is 0 Å². The molecule has 0 aliphatic heterocycles. The number of hydrogen-bond donors (Lipinski definition) is 0. The van der Waals surface area contributed by atoms with Gasteiger partial charge in [-0.15, -0.1) is 11.3 Å². The second-order valence-electron chi connectivity index (χ2n) is 3.77. The van der Waals surface area contributed by atoms with E-state index in [2.05, 4.69) is 41.4 Å². The molecule has 0 unspecified atom stereocenters. The second-order valence-corrected chi connectivity index (χ2v) is 4.89. The molecular weight excluding hydrogens is 226 g/mol. The highest BCUT2D eigenvalue weighted by atomic mass is 32.1. The zero-order valence-electron chi connectivity index (χ0n) is 9.21. The van der Waals surface area contributed by atoms with Gasteiger partial charge in [0.25, 0.3) is 0 Å². The van der Waals surface area contributed by atoms with Gasteiger partial charge in [-0.05, 0) is 41.8 Å². The van der Waals surface area contributed by atoms with Gasteiger partial charge in [0.05, 0.1) is 5.69 Å². The largest absolute Gasteiger partial charge is 0.257 e. The molecular formula is C15H11NS. The Kier molecular flexibility index (Phi) is 2.72. The fraction of sp³-hybridized carbons (Fsp3) is 0. The summed E-state index contributed by atoms with van der Waals surface area (Å²) in [6, 6.07) is 16.6. The molecule has 0 radical (unpaired) electrons. The fourth-order valence-electron chi connectivity index (χ4n) is 1.73. The molecule has 0 atom stereocenters. The van der Waals surface area contributed by atoms with Crippen LogP contribution in [0.25, 0.3) is 22.2 Å². The van der Waals surface area contributed by atoms with Crippen molar-refractivity contribution in [3.63, 3.8) is 0 Å². The second kappa shape index (κ2) is 4.52. The first-order valence-corrected chi connectivity index (χ1v) is 6.31. The van der Waals surface area contributed by atoms with Gasteiger partial charge in [-0.2, -0.15) is 0 Å². The standard InChI is InChI=1S/C15H11NS/c1-2-7-15-12(5-1)11-14(17-15)9-8-13-6-3-4-10-16-13/h1-11H/b9-8+. The van der Waals surface area contributed by atoms with Crippen LogP contribution in [-0.4, -0.2) is 4.98 Å². The monoisotopic (exact) mass is 237 g/mol. The summed E-state index contributed by atoms with van der Waals surface area (Å²) < 4.78 is 1.33. The number of aromatic nitrogens is 1. The minimum Gasteiger partial charge on any atom is -0.257 e. The van der Waals surface area contributed by atoms with Crippen LogP contribution in [0.4, 0.5) is 0 Å². The highest BCUT2D eigenvalue weighted by Crippen LogP contribution is 2.26. The third kappa shape index (κ3) is 2.27. The van der Waals surface area contributed by atoms with Gasteiger partial charge in [-0.25, -0.2) is 0 Å². The molecule has 3 rings (SSSR count). The maximum atomic E-state index is 4.27. The first-order valence-electron chi connectivity index (χ1n) is 5.49. The van der Waals surface area contributed by atoms with Gasteiger partial charge in [-0.1, -0.05) is 24.3 Å². The van der Waals surface area contributed by atoms with E-state index >= 15 is 0 Å². The van der Waals surface area contributed by atoms with Crippen LogP contribution >= 0.6 is 11.3 Å². The molecule has 0 amide bonds. The lowest BCUT2D eigenvalue weighted by molar-refractivity contribution is 1.30. The van der Waals surface area contributed by atoms with Crippen molar-refractivity contribution in [1.29, 1.82) is 0 Å². The summed E-state index contributed by atoms with van der Waals surface area (Å²) in [6.07, 6.45) is 5.97. The molecule has 82 valence electrons. The number of rotatable bonds is 2. The zero-order valence-corrected chi connectivity index (χ0v) is 10.0. The maximum absolute atomic E-state index is 4.27. The van der Waals surface area contributed by atoms with Crippen LogP contribution in [0.3, 0.4) is 0 Å². The predicted molar refractivity (Wildman–Crippen MR) is 75.0 cm³/mol. The number of hydrogen-bond acceptors (Lipinski definition) is 2. The Morgan fingerprint density at radius 2 is 1.82 bits per heavy atom. The van der Waals surface area contributed by atoms with Gasteiger partial charge in [0.15, 0.2) is 0 Å². The Bertz CT molecular complexity index is 620. The molecule has 2 heterocycles. The first-order chi connectivity index (χ1) is 8.42. The molecule has 0 saturated heterocycles. The Hall–Kier alpha value is -1.93. The Labute approximate surface area is 104 Å². The van der Waals surface area contributed by atoms with E-state index in [1.54, 1.807) is 11.3 Å². The van der Waals surface area contributed by atoms with Crippen LogP contribution < -0.4 is 0 Å².